The molecule has 0 unspecified atom stereocenters. The third kappa shape index (κ3) is 3.64. The number of fused-ring (bicyclic) bond motifs is 6. The van der Waals surface area contributed by atoms with Crippen molar-refractivity contribution in [2.24, 2.45) is 0 Å². The molecular weight excluding hydrogens is 536 g/mol. The van der Waals surface area contributed by atoms with Crippen molar-refractivity contribution in [3.8, 4) is 33.9 Å². The predicted octanol–water partition coefficient (Wildman–Crippen LogP) is 10.0. The highest BCUT2D eigenvalue weighted by molar-refractivity contribution is 6.11. The second-order valence-electron chi connectivity index (χ2n) is 11.1. The number of rotatable bonds is 4. The van der Waals surface area contributed by atoms with Gasteiger partial charge in [-0.05, 0) is 60.7 Å². The van der Waals surface area contributed by atoms with Crippen LogP contribution in [0, 0.1) is 0 Å². The van der Waals surface area contributed by atoms with E-state index >= 15 is 0 Å². The molecule has 0 aliphatic rings. The van der Waals surface area contributed by atoms with Crippen LogP contribution in [-0.2, 0) is 0 Å². The maximum absolute atomic E-state index is 4.89. The molecule has 0 aliphatic heterocycles. The van der Waals surface area contributed by atoms with Crippen molar-refractivity contribution in [3.05, 3.63) is 158 Å². The first-order valence-corrected chi connectivity index (χ1v) is 14.8. The fraction of sp³-hybridized carbons (Fsp3) is 0. The molecule has 0 spiro atoms. The first-order chi connectivity index (χ1) is 21.9. The van der Waals surface area contributed by atoms with Gasteiger partial charge in [0.1, 0.15) is 0 Å². The van der Waals surface area contributed by atoms with Gasteiger partial charge in [0.2, 0.25) is 0 Å². The van der Waals surface area contributed by atoms with Gasteiger partial charge in [-0.15, -0.1) is 0 Å². The van der Waals surface area contributed by atoms with Gasteiger partial charge in [0.15, 0.2) is 0 Å². The summed E-state index contributed by atoms with van der Waals surface area (Å²) in [4.78, 5) is 9.78. The summed E-state index contributed by atoms with van der Waals surface area (Å²) in [7, 11) is 0. The Kier molecular flexibility index (Phi) is 5.47. The fourth-order valence-corrected chi connectivity index (χ4v) is 6.77. The summed E-state index contributed by atoms with van der Waals surface area (Å²) in [6.07, 6.45) is 3.75. The Labute approximate surface area is 254 Å². The lowest BCUT2D eigenvalue weighted by Gasteiger charge is -2.20. The summed E-state index contributed by atoms with van der Waals surface area (Å²) in [5, 5.41) is 4.89. The fourth-order valence-electron chi connectivity index (χ4n) is 6.77. The molecule has 4 heterocycles. The Morgan fingerprint density at radius 2 is 0.659 bits per heavy atom. The number of hydrogen-bond acceptors (Lipinski definition) is 2. The molecule has 0 fully saturated rings. The SMILES string of the molecule is c1ccc(-c2cc(-n3c4ccccc4c4ccccc43)c(-c3ccccn3)cc2-n2c3ccccc3c3ccccc32)nc1. The summed E-state index contributed by atoms with van der Waals surface area (Å²) in [6.45, 7) is 0. The molecule has 0 bridgehead atoms. The number of pyridine rings is 2. The number of benzene rings is 5. The average Bonchev–Trinajstić information content (AvgIpc) is 3.62. The van der Waals surface area contributed by atoms with Crippen molar-refractivity contribution < 1.29 is 0 Å². The van der Waals surface area contributed by atoms with Crippen LogP contribution in [0.1, 0.15) is 0 Å². The van der Waals surface area contributed by atoms with Gasteiger partial charge in [0, 0.05) is 45.1 Å². The molecule has 4 aromatic heterocycles. The van der Waals surface area contributed by atoms with Gasteiger partial charge >= 0.3 is 0 Å². The Hall–Kier alpha value is -6.00. The molecule has 9 aromatic rings. The molecule has 0 amide bonds. The highest BCUT2D eigenvalue weighted by Gasteiger charge is 2.22. The Bertz CT molecular complexity index is 2200. The molecule has 206 valence electrons. The van der Waals surface area contributed by atoms with Crippen molar-refractivity contribution in [3.63, 3.8) is 0 Å². The van der Waals surface area contributed by atoms with Gasteiger partial charge in [0.05, 0.1) is 44.8 Å². The zero-order valence-corrected chi connectivity index (χ0v) is 23.8. The van der Waals surface area contributed by atoms with Crippen molar-refractivity contribution in [2.45, 2.75) is 0 Å². The Balaban J connectivity index is 1.48. The van der Waals surface area contributed by atoms with Crippen molar-refractivity contribution in [2.75, 3.05) is 0 Å². The molecule has 0 aliphatic carbocycles. The van der Waals surface area contributed by atoms with Crippen LogP contribution in [-0.4, -0.2) is 19.1 Å². The third-order valence-corrected chi connectivity index (χ3v) is 8.64. The standard InChI is InChI=1S/C40H26N4/c1-5-19-35-27(13-1)28-14-2-6-20-36(28)43(35)39-25-32(34-18-10-12-24-42-34)40(26-31(39)33-17-9-11-23-41-33)44-37-21-7-3-15-29(37)30-16-4-8-22-38(30)44/h1-26H. The van der Waals surface area contributed by atoms with Crippen LogP contribution in [0.15, 0.2) is 158 Å². The Morgan fingerprint density at radius 3 is 0.977 bits per heavy atom. The van der Waals surface area contributed by atoms with Gasteiger partial charge in [-0.3, -0.25) is 9.97 Å². The zero-order chi connectivity index (χ0) is 29.0. The van der Waals surface area contributed by atoms with Crippen LogP contribution in [0.5, 0.6) is 0 Å². The average molecular weight is 563 g/mol. The maximum atomic E-state index is 4.89. The first-order valence-electron chi connectivity index (χ1n) is 14.8. The summed E-state index contributed by atoms with van der Waals surface area (Å²) in [5.74, 6) is 0. The van der Waals surface area contributed by atoms with E-state index in [1.54, 1.807) is 0 Å². The van der Waals surface area contributed by atoms with E-state index < -0.39 is 0 Å². The molecule has 5 aromatic carbocycles. The van der Waals surface area contributed by atoms with Crippen LogP contribution in [0.2, 0.25) is 0 Å². The zero-order valence-electron chi connectivity index (χ0n) is 23.8. The summed E-state index contributed by atoms with van der Waals surface area (Å²) in [6, 6.07) is 51.5. The normalized spacial score (nSPS) is 11.6. The largest absolute Gasteiger partial charge is 0.309 e. The molecule has 0 N–H and O–H groups in total. The van der Waals surface area contributed by atoms with E-state index in [2.05, 4.69) is 143 Å². The smallest absolute Gasteiger partial charge is 0.0723 e. The van der Waals surface area contributed by atoms with Gasteiger partial charge in [0.25, 0.3) is 0 Å². The number of hydrogen-bond donors (Lipinski definition) is 0. The second-order valence-corrected chi connectivity index (χ2v) is 11.1. The van der Waals surface area contributed by atoms with E-state index in [4.69, 9.17) is 9.97 Å². The van der Waals surface area contributed by atoms with Gasteiger partial charge in [-0.2, -0.15) is 0 Å². The topological polar surface area (TPSA) is 35.6 Å². The number of para-hydroxylation sites is 4. The van der Waals surface area contributed by atoms with Crippen LogP contribution < -0.4 is 0 Å². The minimum absolute atomic E-state index is 0.916. The van der Waals surface area contributed by atoms with Crippen molar-refractivity contribution >= 4 is 43.6 Å². The van der Waals surface area contributed by atoms with Gasteiger partial charge in [-0.25, -0.2) is 0 Å². The van der Waals surface area contributed by atoms with Crippen LogP contribution in [0.3, 0.4) is 0 Å². The molecule has 0 saturated heterocycles. The van der Waals surface area contributed by atoms with Crippen LogP contribution in [0.4, 0.5) is 0 Å². The number of aromatic nitrogens is 4. The highest BCUT2D eigenvalue weighted by Crippen LogP contribution is 2.42. The van der Waals surface area contributed by atoms with E-state index in [0.717, 1.165) is 56.0 Å². The van der Waals surface area contributed by atoms with Crippen LogP contribution >= 0.6 is 0 Å². The summed E-state index contributed by atoms with van der Waals surface area (Å²) >= 11 is 0. The Morgan fingerprint density at radius 1 is 0.341 bits per heavy atom. The lowest BCUT2D eigenvalue weighted by molar-refractivity contribution is 1.13. The molecule has 0 radical (unpaired) electrons. The number of nitrogens with zero attached hydrogens (tertiary/aromatic N) is 4. The van der Waals surface area contributed by atoms with E-state index in [1.807, 2.05) is 24.5 Å². The lowest BCUT2D eigenvalue weighted by atomic mass is 9.99. The van der Waals surface area contributed by atoms with E-state index in [0.29, 0.717) is 0 Å². The summed E-state index contributed by atoms with van der Waals surface area (Å²) in [5.41, 5.74) is 10.7. The minimum Gasteiger partial charge on any atom is -0.309 e. The molecule has 4 heteroatoms. The van der Waals surface area contributed by atoms with Crippen molar-refractivity contribution in [1.29, 1.82) is 0 Å². The highest BCUT2D eigenvalue weighted by atomic mass is 15.0. The van der Waals surface area contributed by atoms with E-state index in [-0.39, 0.29) is 0 Å². The predicted molar refractivity (Wildman–Crippen MR) is 182 cm³/mol. The van der Waals surface area contributed by atoms with Crippen molar-refractivity contribution in [1.82, 2.24) is 19.1 Å². The quantitative estimate of drug-likeness (QED) is 0.214. The van der Waals surface area contributed by atoms with Gasteiger partial charge in [-0.1, -0.05) is 84.9 Å². The minimum atomic E-state index is 0.916. The van der Waals surface area contributed by atoms with E-state index in [1.165, 1.54) is 21.5 Å². The van der Waals surface area contributed by atoms with Gasteiger partial charge < -0.3 is 9.13 Å². The monoisotopic (exact) mass is 562 g/mol. The molecule has 0 atom stereocenters. The lowest BCUT2D eigenvalue weighted by Crippen LogP contribution is -2.04. The molecular formula is C40H26N4. The van der Waals surface area contributed by atoms with E-state index in [9.17, 15) is 0 Å². The first kappa shape index (κ1) is 24.6. The maximum Gasteiger partial charge on any atom is 0.0723 e. The molecule has 9 rings (SSSR count). The van der Waals surface area contributed by atoms with Crippen LogP contribution in [0.25, 0.3) is 77.5 Å². The summed E-state index contributed by atoms with van der Waals surface area (Å²) < 4.78 is 4.77. The third-order valence-electron chi connectivity index (χ3n) is 8.64. The molecule has 44 heavy (non-hydrogen) atoms. The molecule has 4 nitrogen and oxygen atoms in total. The molecule has 0 saturated carbocycles. The second kappa shape index (κ2) is 9.79.